The second-order valence-electron chi connectivity index (χ2n) is 8.02. The van der Waals surface area contributed by atoms with Crippen molar-refractivity contribution in [1.82, 2.24) is 5.32 Å². The van der Waals surface area contributed by atoms with Crippen LogP contribution in [0.2, 0.25) is 0 Å². The van der Waals surface area contributed by atoms with Crippen molar-refractivity contribution >= 4 is 11.7 Å². The van der Waals surface area contributed by atoms with Gasteiger partial charge in [-0.3, -0.25) is 9.28 Å². The van der Waals surface area contributed by atoms with Gasteiger partial charge in [0.15, 0.2) is 12.0 Å². The summed E-state index contributed by atoms with van der Waals surface area (Å²) >= 11 is 0. The Balaban J connectivity index is 2.20. The van der Waals surface area contributed by atoms with Crippen molar-refractivity contribution in [2.24, 2.45) is 4.99 Å². The minimum absolute atomic E-state index is 0.0526. The molecule has 4 nitrogen and oxygen atoms in total. The standard InChI is InChI=1S/C23H43N3O/c1-5-7-8-9-10-11-12-13-14-15-16-17-18-23-24-19-20-26(23,6-2)21(3)25-22(4)27/h12-13,21H,5-11,14-20H2,1-4H3/p+1/b13-12+. The number of hydrogen-bond acceptors (Lipinski definition) is 2. The van der Waals surface area contributed by atoms with Gasteiger partial charge in [0.05, 0.1) is 13.1 Å². The van der Waals surface area contributed by atoms with E-state index in [-0.39, 0.29) is 12.1 Å². The average Bonchev–Trinajstić information content (AvgIpc) is 3.06. The van der Waals surface area contributed by atoms with E-state index in [0.29, 0.717) is 0 Å². The number of quaternary nitrogens is 1. The van der Waals surface area contributed by atoms with E-state index in [1.54, 1.807) is 6.92 Å². The number of unbranched alkanes of at least 4 members (excludes halogenated alkanes) is 8. The van der Waals surface area contributed by atoms with Crippen molar-refractivity contribution in [1.29, 1.82) is 0 Å². The first-order chi connectivity index (χ1) is 13.1. The molecule has 0 saturated heterocycles. The molecule has 0 saturated carbocycles. The van der Waals surface area contributed by atoms with Crippen molar-refractivity contribution < 1.29 is 9.28 Å². The summed E-state index contributed by atoms with van der Waals surface area (Å²) in [6.45, 7) is 11.1. The van der Waals surface area contributed by atoms with Gasteiger partial charge in [-0.25, -0.2) is 4.99 Å². The molecule has 0 radical (unpaired) electrons. The maximum Gasteiger partial charge on any atom is 0.221 e. The van der Waals surface area contributed by atoms with Gasteiger partial charge in [-0.1, -0.05) is 51.2 Å². The van der Waals surface area contributed by atoms with E-state index < -0.39 is 0 Å². The summed E-state index contributed by atoms with van der Waals surface area (Å²) in [5.41, 5.74) is 0. The molecule has 0 fully saturated rings. The Morgan fingerprint density at radius 2 is 1.70 bits per heavy atom. The lowest BCUT2D eigenvalue weighted by Gasteiger charge is -2.39. The number of amidine groups is 1. The molecule has 0 aliphatic carbocycles. The van der Waals surface area contributed by atoms with Crippen LogP contribution in [0.5, 0.6) is 0 Å². The Morgan fingerprint density at radius 3 is 2.30 bits per heavy atom. The van der Waals surface area contributed by atoms with Crippen LogP contribution in [0.25, 0.3) is 0 Å². The van der Waals surface area contributed by atoms with Crippen LogP contribution in [0, 0.1) is 0 Å². The van der Waals surface area contributed by atoms with Crippen molar-refractivity contribution in [3.63, 3.8) is 0 Å². The highest BCUT2D eigenvalue weighted by molar-refractivity contribution is 5.78. The molecule has 1 rings (SSSR count). The lowest BCUT2D eigenvalue weighted by molar-refractivity contribution is -0.861. The molecule has 0 spiro atoms. The van der Waals surface area contributed by atoms with E-state index in [0.717, 1.165) is 30.5 Å². The SMILES string of the molecule is CCCCCCC/C=C/CCCCCC1=NCC[N+]1(CC)C(C)NC(C)=O. The zero-order valence-electron chi connectivity index (χ0n) is 18.4. The van der Waals surface area contributed by atoms with Crippen molar-refractivity contribution in [2.75, 3.05) is 19.6 Å². The molecule has 0 aromatic heterocycles. The van der Waals surface area contributed by atoms with Gasteiger partial charge < -0.3 is 5.32 Å². The number of amides is 1. The van der Waals surface area contributed by atoms with E-state index >= 15 is 0 Å². The summed E-state index contributed by atoms with van der Waals surface area (Å²) < 4.78 is 0.845. The molecule has 0 bridgehead atoms. The molecule has 4 heteroatoms. The fourth-order valence-corrected chi connectivity index (χ4v) is 4.20. The van der Waals surface area contributed by atoms with Gasteiger partial charge in [-0.05, 0) is 39.0 Å². The van der Waals surface area contributed by atoms with Crippen molar-refractivity contribution in [2.45, 2.75) is 104 Å². The Morgan fingerprint density at radius 1 is 1.07 bits per heavy atom. The van der Waals surface area contributed by atoms with Gasteiger partial charge in [0.1, 0.15) is 6.54 Å². The molecule has 1 amide bonds. The van der Waals surface area contributed by atoms with Gasteiger partial charge in [0.2, 0.25) is 5.91 Å². The topological polar surface area (TPSA) is 41.5 Å². The quantitative estimate of drug-likeness (QED) is 0.225. The maximum atomic E-state index is 11.5. The number of carbonyl (C=O) groups excluding carboxylic acids is 1. The third-order valence-corrected chi connectivity index (χ3v) is 5.94. The van der Waals surface area contributed by atoms with Crippen LogP contribution in [0.3, 0.4) is 0 Å². The zero-order valence-corrected chi connectivity index (χ0v) is 18.4. The van der Waals surface area contributed by atoms with Crippen LogP contribution in [-0.2, 0) is 4.79 Å². The highest BCUT2D eigenvalue weighted by Gasteiger charge is 2.41. The summed E-state index contributed by atoms with van der Waals surface area (Å²) in [6.07, 6.45) is 19.0. The van der Waals surface area contributed by atoms with Gasteiger partial charge in [-0.2, -0.15) is 0 Å². The second-order valence-corrected chi connectivity index (χ2v) is 8.02. The zero-order chi connectivity index (χ0) is 20.0. The second kappa shape index (κ2) is 13.9. The Bertz CT molecular complexity index is 472. The number of aliphatic imine (C=N–C) groups is 1. The van der Waals surface area contributed by atoms with E-state index in [1.165, 1.54) is 70.0 Å². The number of allylic oxidation sites excluding steroid dienone is 2. The number of carbonyl (C=O) groups is 1. The van der Waals surface area contributed by atoms with Gasteiger partial charge in [0.25, 0.3) is 0 Å². The fraction of sp³-hybridized carbons (Fsp3) is 0.826. The molecule has 1 N–H and O–H groups in total. The maximum absolute atomic E-state index is 11.5. The number of nitrogens with one attached hydrogen (secondary N) is 1. The van der Waals surface area contributed by atoms with E-state index in [1.807, 2.05) is 0 Å². The first-order valence-corrected chi connectivity index (χ1v) is 11.4. The predicted molar refractivity (Wildman–Crippen MR) is 117 cm³/mol. The predicted octanol–water partition coefficient (Wildman–Crippen LogP) is 5.58. The van der Waals surface area contributed by atoms with E-state index in [9.17, 15) is 4.79 Å². The lowest BCUT2D eigenvalue weighted by atomic mass is 10.1. The Labute approximate surface area is 168 Å². The van der Waals surface area contributed by atoms with Crippen LogP contribution in [-0.4, -0.2) is 42.0 Å². The van der Waals surface area contributed by atoms with Crippen LogP contribution in [0.1, 0.15) is 98.3 Å². The molecular weight excluding hydrogens is 334 g/mol. The summed E-state index contributed by atoms with van der Waals surface area (Å²) in [6, 6.07) is 0. The third kappa shape index (κ3) is 8.59. The molecule has 1 heterocycles. The van der Waals surface area contributed by atoms with E-state index in [4.69, 9.17) is 4.99 Å². The van der Waals surface area contributed by atoms with Crippen LogP contribution in [0.4, 0.5) is 0 Å². The van der Waals surface area contributed by atoms with Crippen LogP contribution < -0.4 is 5.32 Å². The number of rotatable bonds is 15. The molecule has 2 atom stereocenters. The highest BCUT2D eigenvalue weighted by atomic mass is 16.1. The lowest BCUT2D eigenvalue weighted by Crippen LogP contribution is -2.62. The molecule has 27 heavy (non-hydrogen) atoms. The minimum atomic E-state index is 0.0526. The van der Waals surface area contributed by atoms with E-state index in [2.05, 4.69) is 38.2 Å². The molecule has 2 unspecified atom stereocenters. The molecule has 1 aliphatic rings. The van der Waals surface area contributed by atoms with Crippen molar-refractivity contribution in [3.05, 3.63) is 12.2 Å². The monoisotopic (exact) mass is 378 g/mol. The van der Waals surface area contributed by atoms with Gasteiger partial charge in [-0.15, -0.1) is 0 Å². The summed E-state index contributed by atoms with van der Waals surface area (Å²) in [4.78, 5) is 16.3. The average molecular weight is 379 g/mol. The minimum Gasteiger partial charge on any atom is -0.307 e. The number of nitrogens with zero attached hydrogens (tertiary/aromatic N) is 2. The van der Waals surface area contributed by atoms with Gasteiger partial charge >= 0.3 is 0 Å². The molecule has 156 valence electrons. The van der Waals surface area contributed by atoms with Crippen molar-refractivity contribution in [3.8, 4) is 0 Å². The molecular formula is C23H44N3O+. The first-order valence-electron chi connectivity index (χ1n) is 11.4. The first kappa shape index (κ1) is 23.9. The summed E-state index contributed by atoms with van der Waals surface area (Å²) in [5, 5.41) is 3.10. The Kier molecular flexibility index (Phi) is 12.3. The van der Waals surface area contributed by atoms with Crippen LogP contribution >= 0.6 is 0 Å². The Hall–Kier alpha value is -1.16. The normalized spacial score (nSPS) is 20.8. The number of likely N-dealkylation sites (N-methyl/N-ethyl adjacent to an activating group) is 1. The molecule has 1 aliphatic heterocycles. The smallest absolute Gasteiger partial charge is 0.221 e. The fourth-order valence-electron chi connectivity index (χ4n) is 4.20. The molecule has 0 aromatic carbocycles. The van der Waals surface area contributed by atoms with Gasteiger partial charge in [0, 0.05) is 20.3 Å². The largest absolute Gasteiger partial charge is 0.307 e. The molecule has 0 aromatic rings. The third-order valence-electron chi connectivity index (χ3n) is 5.94. The summed E-state index contributed by atoms with van der Waals surface area (Å²) in [7, 11) is 0. The highest BCUT2D eigenvalue weighted by Crippen LogP contribution is 2.23. The number of hydrogen-bond donors (Lipinski definition) is 1. The summed E-state index contributed by atoms with van der Waals surface area (Å²) in [5.74, 6) is 1.35. The van der Waals surface area contributed by atoms with Crippen LogP contribution in [0.15, 0.2) is 17.1 Å².